The molecule has 1 aromatic carbocycles. The van der Waals surface area contributed by atoms with Gasteiger partial charge in [-0.15, -0.1) is 0 Å². The molecule has 0 bridgehead atoms. The number of anilines is 2. The number of hydrogen-bond acceptors (Lipinski definition) is 7. The van der Waals surface area contributed by atoms with Gasteiger partial charge in [0.1, 0.15) is 5.76 Å². The summed E-state index contributed by atoms with van der Waals surface area (Å²) in [6, 6.07) is 8.71. The molecule has 8 nitrogen and oxygen atoms in total. The fourth-order valence-electron chi connectivity index (χ4n) is 3.80. The molecule has 1 unspecified atom stereocenters. The van der Waals surface area contributed by atoms with Crippen LogP contribution in [0.5, 0.6) is 0 Å². The number of carbonyl (C=O) groups is 3. The minimum absolute atomic E-state index is 0.0487. The van der Waals surface area contributed by atoms with E-state index < -0.39 is 6.04 Å². The standard InChI is InChI=1S/C20H22N4O4/c1-13-11-18(21-28-13)24-19(26)12-17(20(24)27)23-9-7-22(8-10-23)16-5-3-15(4-6-16)14(2)25/h3-6,11,17H,7-10,12H2,1-2H3. The maximum Gasteiger partial charge on any atom is 0.252 e. The van der Waals surface area contributed by atoms with Crippen molar-refractivity contribution in [1.82, 2.24) is 10.1 Å². The van der Waals surface area contributed by atoms with Crippen LogP contribution < -0.4 is 9.80 Å². The monoisotopic (exact) mass is 382 g/mol. The molecule has 2 saturated heterocycles. The number of nitrogens with zero attached hydrogens (tertiary/aromatic N) is 4. The molecule has 0 radical (unpaired) electrons. The molecule has 0 N–H and O–H groups in total. The van der Waals surface area contributed by atoms with Gasteiger partial charge in [-0.1, -0.05) is 5.16 Å². The van der Waals surface area contributed by atoms with Crippen LogP contribution in [0.1, 0.15) is 29.5 Å². The Bertz CT molecular complexity index is 913. The zero-order chi connectivity index (χ0) is 19.8. The van der Waals surface area contributed by atoms with Crippen LogP contribution in [0.3, 0.4) is 0 Å². The van der Waals surface area contributed by atoms with E-state index in [0.29, 0.717) is 24.4 Å². The Morgan fingerprint density at radius 1 is 1.11 bits per heavy atom. The van der Waals surface area contributed by atoms with E-state index in [1.165, 1.54) is 0 Å². The summed E-state index contributed by atoms with van der Waals surface area (Å²) in [5, 5.41) is 3.81. The van der Waals surface area contributed by atoms with Crippen molar-refractivity contribution in [2.24, 2.45) is 0 Å². The third-order valence-corrected chi connectivity index (χ3v) is 5.36. The molecular weight excluding hydrogens is 360 g/mol. The summed E-state index contributed by atoms with van der Waals surface area (Å²) in [5.74, 6) is 0.387. The molecule has 1 aromatic heterocycles. The third-order valence-electron chi connectivity index (χ3n) is 5.36. The normalized spacial score (nSPS) is 20.9. The van der Waals surface area contributed by atoms with E-state index in [1.54, 1.807) is 19.9 Å². The zero-order valence-corrected chi connectivity index (χ0v) is 15.9. The lowest BCUT2D eigenvalue weighted by Crippen LogP contribution is -2.52. The van der Waals surface area contributed by atoms with Crippen molar-refractivity contribution in [1.29, 1.82) is 0 Å². The Labute approximate surface area is 162 Å². The largest absolute Gasteiger partial charge is 0.369 e. The highest BCUT2D eigenvalue weighted by atomic mass is 16.5. The number of imide groups is 1. The van der Waals surface area contributed by atoms with E-state index in [-0.39, 0.29) is 29.8 Å². The van der Waals surface area contributed by atoms with Crippen LogP contribution in [0, 0.1) is 6.92 Å². The van der Waals surface area contributed by atoms with Gasteiger partial charge >= 0.3 is 0 Å². The van der Waals surface area contributed by atoms with Gasteiger partial charge in [0, 0.05) is 43.5 Å². The summed E-state index contributed by atoms with van der Waals surface area (Å²) >= 11 is 0. The SMILES string of the molecule is CC(=O)c1ccc(N2CCN(C3CC(=O)N(c4cc(C)on4)C3=O)CC2)cc1. The number of piperazine rings is 1. The second kappa shape index (κ2) is 7.20. The summed E-state index contributed by atoms with van der Waals surface area (Å²) in [6.07, 6.45) is 0.165. The first-order chi connectivity index (χ1) is 13.4. The average Bonchev–Trinajstić information content (AvgIpc) is 3.24. The zero-order valence-electron chi connectivity index (χ0n) is 15.9. The smallest absolute Gasteiger partial charge is 0.252 e. The van der Waals surface area contributed by atoms with E-state index in [1.807, 2.05) is 24.3 Å². The molecule has 146 valence electrons. The molecule has 28 heavy (non-hydrogen) atoms. The van der Waals surface area contributed by atoms with E-state index >= 15 is 0 Å². The lowest BCUT2D eigenvalue weighted by Gasteiger charge is -2.38. The first kappa shape index (κ1) is 18.4. The Hall–Kier alpha value is -3.00. The van der Waals surface area contributed by atoms with Crippen LogP contribution in [-0.4, -0.2) is 59.9 Å². The number of aromatic nitrogens is 1. The Morgan fingerprint density at radius 3 is 2.36 bits per heavy atom. The van der Waals surface area contributed by atoms with Crippen LogP contribution in [-0.2, 0) is 9.59 Å². The summed E-state index contributed by atoms with van der Waals surface area (Å²) in [4.78, 5) is 42.0. The number of amides is 2. The number of rotatable bonds is 4. The first-order valence-electron chi connectivity index (χ1n) is 9.34. The molecule has 2 aliphatic rings. The lowest BCUT2D eigenvalue weighted by molar-refractivity contribution is -0.123. The highest BCUT2D eigenvalue weighted by Crippen LogP contribution is 2.27. The van der Waals surface area contributed by atoms with Gasteiger partial charge in [-0.25, -0.2) is 4.90 Å². The molecule has 4 rings (SSSR count). The van der Waals surface area contributed by atoms with Crippen LogP contribution in [0.15, 0.2) is 34.9 Å². The van der Waals surface area contributed by atoms with Gasteiger partial charge in [0.05, 0.1) is 12.5 Å². The third kappa shape index (κ3) is 3.31. The van der Waals surface area contributed by atoms with Crippen LogP contribution in [0.4, 0.5) is 11.5 Å². The number of aryl methyl sites for hydroxylation is 1. The summed E-state index contributed by atoms with van der Waals surface area (Å²) < 4.78 is 5.00. The molecule has 8 heteroatoms. The molecular formula is C20H22N4O4. The quantitative estimate of drug-likeness (QED) is 0.587. The number of carbonyl (C=O) groups excluding carboxylic acids is 3. The van der Waals surface area contributed by atoms with Gasteiger partial charge < -0.3 is 9.42 Å². The summed E-state index contributed by atoms with van der Waals surface area (Å²) in [5.41, 5.74) is 1.75. The van der Waals surface area contributed by atoms with E-state index in [4.69, 9.17) is 4.52 Å². The molecule has 2 amide bonds. The van der Waals surface area contributed by atoms with Crippen LogP contribution in [0.25, 0.3) is 0 Å². The minimum Gasteiger partial charge on any atom is -0.369 e. The van der Waals surface area contributed by atoms with Crippen molar-refractivity contribution in [2.45, 2.75) is 26.3 Å². The van der Waals surface area contributed by atoms with Crippen LogP contribution in [0.2, 0.25) is 0 Å². The van der Waals surface area contributed by atoms with E-state index in [9.17, 15) is 14.4 Å². The van der Waals surface area contributed by atoms with Crippen LogP contribution >= 0.6 is 0 Å². The molecule has 2 aromatic rings. The van der Waals surface area contributed by atoms with Gasteiger partial charge in [0.2, 0.25) is 5.91 Å². The van der Waals surface area contributed by atoms with Gasteiger partial charge in [-0.05, 0) is 38.1 Å². The van der Waals surface area contributed by atoms with Crippen molar-refractivity contribution in [3.63, 3.8) is 0 Å². The highest BCUT2D eigenvalue weighted by Gasteiger charge is 2.44. The fraction of sp³-hybridized carbons (Fsp3) is 0.400. The van der Waals surface area contributed by atoms with Crippen molar-refractivity contribution in [2.75, 3.05) is 36.0 Å². The highest BCUT2D eigenvalue weighted by molar-refractivity contribution is 6.21. The maximum absolute atomic E-state index is 12.8. The minimum atomic E-state index is -0.452. The number of ketones is 1. The number of Topliss-reactive ketones (excluding diaryl/α,β-unsaturated/α-hetero) is 1. The fourth-order valence-corrected chi connectivity index (χ4v) is 3.80. The second-order valence-electron chi connectivity index (χ2n) is 7.21. The predicted molar refractivity (Wildman–Crippen MR) is 102 cm³/mol. The summed E-state index contributed by atoms with van der Waals surface area (Å²) in [7, 11) is 0. The van der Waals surface area contributed by atoms with Crippen molar-refractivity contribution >= 4 is 29.1 Å². The molecule has 2 aliphatic heterocycles. The summed E-state index contributed by atoms with van der Waals surface area (Å²) in [6.45, 7) is 6.15. The Morgan fingerprint density at radius 2 is 1.79 bits per heavy atom. The Kier molecular flexibility index (Phi) is 4.72. The van der Waals surface area contributed by atoms with E-state index in [2.05, 4.69) is 15.0 Å². The van der Waals surface area contributed by atoms with Crippen molar-refractivity contribution in [3.05, 3.63) is 41.7 Å². The Balaban J connectivity index is 1.40. The molecule has 0 saturated carbocycles. The molecule has 2 fully saturated rings. The maximum atomic E-state index is 12.8. The van der Waals surface area contributed by atoms with Gasteiger partial charge in [0.25, 0.3) is 5.91 Å². The van der Waals surface area contributed by atoms with Gasteiger partial charge in [-0.3, -0.25) is 19.3 Å². The van der Waals surface area contributed by atoms with Crippen molar-refractivity contribution in [3.8, 4) is 0 Å². The number of benzene rings is 1. The molecule has 0 aliphatic carbocycles. The molecule has 3 heterocycles. The predicted octanol–water partition coefficient (Wildman–Crippen LogP) is 1.64. The van der Waals surface area contributed by atoms with E-state index in [0.717, 1.165) is 23.7 Å². The van der Waals surface area contributed by atoms with Gasteiger partial charge in [-0.2, -0.15) is 0 Å². The first-order valence-corrected chi connectivity index (χ1v) is 9.34. The topological polar surface area (TPSA) is 87.0 Å². The van der Waals surface area contributed by atoms with Crippen molar-refractivity contribution < 1.29 is 18.9 Å². The number of hydrogen-bond donors (Lipinski definition) is 0. The average molecular weight is 382 g/mol. The molecule has 1 atom stereocenters. The lowest BCUT2D eigenvalue weighted by atomic mass is 10.1. The van der Waals surface area contributed by atoms with Gasteiger partial charge in [0.15, 0.2) is 11.6 Å². The second-order valence-corrected chi connectivity index (χ2v) is 7.21. The molecule has 0 spiro atoms.